The first kappa shape index (κ1) is 19.6. The molecule has 1 heterocycles. The first-order chi connectivity index (χ1) is 13.3. The summed E-state index contributed by atoms with van der Waals surface area (Å²) >= 11 is 6.10. The minimum absolute atomic E-state index is 0.162. The van der Waals surface area contributed by atoms with Crippen molar-refractivity contribution in [2.75, 3.05) is 10.6 Å². The van der Waals surface area contributed by atoms with Gasteiger partial charge in [0.15, 0.2) is 0 Å². The third-order valence-electron chi connectivity index (χ3n) is 4.54. The van der Waals surface area contributed by atoms with Gasteiger partial charge in [-0.3, -0.25) is 14.6 Å². The Labute approximate surface area is 168 Å². The predicted octanol–water partition coefficient (Wildman–Crippen LogP) is 5.16. The molecule has 0 aliphatic heterocycles. The number of aromatic nitrogens is 1. The number of amides is 2. The number of rotatable bonds is 4. The Morgan fingerprint density at radius 2 is 1.68 bits per heavy atom. The number of benzene rings is 2. The van der Waals surface area contributed by atoms with Gasteiger partial charge in [-0.25, -0.2) is 0 Å². The highest BCUT2D eigenvalue weighted by molar-refractivity contribution is 6.31. The van der Waals surface area contributed by atoms with Crippen LogP contribution in [0.3, 0.4) is 0 Å². The van der Waals surface area contributed by atoms with E-state index >= 15 is 0 Å². The number of hydrogen-bond donors (Lipinski definition) is 2. The van der Waals surface area contributed by atoms with E-state index in [9.17, 15) is 9.59 Å². The third-order valence-corrected chi connectivity index (χ3v) is 4.94. The molecule has 6 heteroatoms. The van der Waals surface area contributed by atoms with Gasteiger partial charge < -0.3 is 10.6 Å². The van der Waals surface area contributed by atoms with Crippen LogP contribution in [0, 0.1) is 20.8 Å². The monoisotopic (exact) mass is 393 g/mol. The second kappa shape index (κ2) is 8.23. The first-order valence-corrected chi connectivity index (χ1v) is 9.14. The molecule has 0 unspecified atom stereocenters. The predicted molar refractivity (Wildman–Crippen MR) is 112 cm³/mol. The molecule has 0 radical (unpaired) electrons. The van der Waals surface area contributed by atoms with Crippen molar-refractivity contribution < 1.29 is 9.59 Å². The van der Waals surface area contributed by atoms with E-state index in [2.05, 4.69) is 15.6 Å². The summed E-state index contributed by atoms with van der Waals surface area (Å²) in [6.07, 6.45) is 1.44. The van der Waals surface area contributed by atoms with Gasteiger partial charge in [0.25, 0.3) is 11.8 Å². The van der Waals surface area contributed by atoms with Gasteiger partial charge >= 0.3 is 0 Å². The van der Waals surface area contributed by atoms with Crippen molar-refractivity contribution in [3.05, 3.63) is 87.7 Å². The molecule has 3 rings (SSSR count). The molecule has 2 N–H and O–H groups in total. The van der Waals surface area contributed by atoms with Crippen molar-refractivity contribution in [3.63, 3.8) is 0 Å². The molecule has 0 fully saturated rings. The van der Waals surface area contributed by atoms with E-state index in [-0.39, 0.29) is 17.5 Å². The standard InChI is InChI=1S/C22H20ClN3O2/c1-13-5-4-6-19(15(13)3)26-22(28)20-11-16(9-10-24-20)21(27)25-17-8-7-14(2)18(23)12-17/h4-12H,1-3H3,(H,25,27)(H,26,28). The normalized spacial score (nSPS) is 10.4. The molecular weight excluding hydrogens is 374 g/mol. The Balaban J connectivity index is 1.77. The third kappa shape index (κ3) is 4.38. The average Bonchev–Trinajstić information content (AvgIpc) is 2.68. The summed E-state index contributed by atoms with van der Waals surface area (Å²) in [5, 5.41) is 6.19. The van der Waals surface area contributed by atoms with Crippen LogP contribution in [-0.2, 0) is 0 Å². The van der Waals surface area contributed by atoms with Gasteiger partial charge in [0.1, 0.15) is 5.69 Å². The molecule has 5 nitrogen and oxygen atoms in total. The Morgan fingerprint density at radius 3 is 2.43 bits per heavy atom. The van der Waals surface area contributed by atoms with Gasteiger partial charge in [0.05, 0.1) is 0 Å². The summed E-state index contributed by atoms with van der Waals surface area (Å²) in [5.41, 5.74) is 4.79. The van der Waals surface area contributed by atoms with Crippen molar-refractivity contribution in [2.24, 2.45) is 0 Å². The minimum Gasteiger partial charge on any atom is -0.322 e. The van der Waals surface area contributed by atoms with Gasteiger partial charge in [-0.2, -0.15) is 0 Å². The first-order valence-electron chi connectivity index (χ1n) is 8.76. The molecule has 2 amide bonds. The topological polar surface area (TPSA) is 71.1 Å². The number of aryl methyl sites for hydroxylation is 2. The van der Waals surface area contributed by atoms with Crippen LogP contribution in [0.4, 0.5) is 11.4 Å². The molecule has 0 aliphatic carbocycles. The molecule has 0 bridgehead atoms. The maximum atomic E-state index is 12.6. The molecule has 0 atom stereocenters. The molecule has 142 valence electrons. The lowest BCUT2D eigenvalue weighted by Gasteiger charge is -2.11. The fourth-order valence-electron chi connectivity index (χ4n) is 2.64. The van der Waals surface area contributed by atoms with Gasteiger partial charge in [-0.1, -0.05) is 29.8 Å². The van der Waals surface area contributed by atoms with Gasteiger partial charge in [-0.15, -0.1) is 0 Å². The fraction of sp³-hybridized carbons (Fsp3) is 0.136. The summed E-state index contributed by atoms with van der Waals surface area (Å²) < 4.78 is 0. The smallest absolute Gasteiger partial charge is 0.274 e. The molecule has 0 spiro atoms. The molecule has 0 aliphatic rings. The Morgan fingerprint density at radius 1 is 0.893 bits per heavy atom. The minimum atomic E-state index is -0.373. The highest BCUT2D eigenvalue weighted by atomic mass is 35.5. The lowest BCUT2D eigenvalue weighted by Crippen LogP contribution is -2.17. The van der Waals surface area contributed by atoms with Crippen molar-refractivity contribution in [2.45, 2.75) is 20.8 Å². The fourth-order valence-corrected chi connectivity index (χ4v) is 2.82. The number of anilines is 2. The quantitative estimate of drug-likeness (QED) is 0.642. The van der Waals surface area contributed by atoms with E-state index in [1.165, 1.54) is 12.3 Å². The lowest BCUT2D eigenvalue weighted by atomic mass is 10.1. The molecule has 2 aromatic carbocycles. The van der Waals surface area contributed by atoms with Crippen LogP contribution in [-0.4, -0.2) is 16.8 Å². The molecule has 3 aromatic rings. The zero-order chi connectivity index (χ0) is 20.3. The number of nitrogens with zero attached hydrogens (tertiary/aromatic N) is 1. The van der Waals surface area contributed by atoms with Crippen molar-refractivity contribution in [1.29, 1.82) is 0 Å². The van der Waals surface area contributed by atoms with Crippen LogP contribution in [0.1, 0.15) is 37.5 Å². The summed E-state index contributed by atoms with van der Waals surface area (Å²) in [6.45, 7) is 5.80. The van der Waals surface area contributed by atoms with Gasteiger partial charge in [0, 0.05) is 28.2 Å². The Kier molecular flexibility index (Phi) is 5.76. The van der Waals surface area contributed by atoms with Crippen LogP contribution in [0.5, 0.6) is 0 Å². The molecule has 1 aromatic heterocycles. The van der Waals surface area contributed by atoms with Crippen molar-refractivity contribution in [1.82, 2.24) is 4.98 Å². The summed E-state index contributed by atoms with van der Waals surface area (Å²) in [4.78, 5) is 29.2. The number of carbonyl (C=O) groups excluding carboxylic acids is 2. The SMILES string of the molecule is Cc1ccc(NC(=O)c2ccnc(C(=O)Nc3cccc(C)c3C)c2)cc1Cl. The van der Waals surface area contributed by atoms with E-state index in [0.29, 0.717) is 16.3 Å². The van der Waals surface area contributed by atoms with Gasteiger partial charge in [0.2, 0.25) is 0 Å². The molecule has 0 saturated carbocycles. The van der Waals surface area contributed by atoms with Gasteiger partial charge in [-0.05, 0) is 67.8 Å². The van der Waals surface area contributed by atoms with E-state index in [1.807, 2.05) is 45.0 Å². The summed E-state index contributed by atoms with van der Waals surface area (Å²) in [7, 11) is 0. The molecule has 28 heavy (non-hydrogen) atoms. The lowest BCUT2D eigenvalue weighted by molar-refractivity contribution is 0.102. The van der Waals surface area contributed by atoms with Crippen molar-refractivity contribution in [3.8, 4) is 0 Å². The van der Waals surface area contributed by atoms with Crippen LogP contribution >= 0.6 is 11.6 Å². The number of carbonyl (C=O) groups is 2. The number of halogens is 1. The van der Waals surface area contributed by atoms with Crippen LogP contribution in [0.25, 0.3) is 0 Å². The maximum absolute atomic E-state index is 12.6. The van der Waals surface area contributed by atoms with E-state index in [0.717, 1.165) is 22.4 Å². The van der Waals surface area contributed by atoms with Crippen LogP contribution in [0.2, 0.25) is 5.02 Å². The average molecular weight is 394 g/mol. The highest BCUT2D eigenvalue weighted by Crippen LogP contribution is 2.21. The van der Waals surface area contributed by atoms with E-state index in [1.54, 1.807) is 18.2 Å². The highest BCUT2D eigenvalue weighted by Gasteiger charge is 2.14. The number of nitrogens with one attached hydrogen (secondary N) is 2. The second-order valence-electron chi connectivity index (χ2n) is 6.55. The van der Waals surface area contributed by atoms with E-state index < -0.39 is 0 Å². The van der Waals surface area contributed by atoms with Crippen LogP contribution < -0.4 is 10.6 Å². The van der Waals surface area contributed by atoms with Crippen molar-refractivity contribution >= 4 is 34.8 Å². The zero-order valence-electron chi connectivity index (χ0n) is 15.8. The summed E-state index contributed by atoms with van der Waals surface area (Å²) in [6, 6.07) is 14.0. The number of hydrogen-bond acceptors (Lipinski definition) is 3. The molecular formula is C22H20ClN3O2. The second-order valence-corrected chi connectivity index (χ2v) is 6.96. The Bertz CT molecular complexity index is 1060. The number of pyridine rings is 1. The van der Waals surface area contributed by atoms with E-state index in [4.69, 9.17) is 11.6 Å². The summed E-state index contributed by atoms with van der Waals surface area (Å²) in [5.74, 6) is -0.718. The molecule has 0 saturated heterocycles. The maximum Gasteiger partial charge on any atom is 0.274 e. The zero-order valence-corrected chi connectivity index (χ0v) is 16.6. The van der Waals surface area contributed by atoms with Crippen LogP contribution in [0.15, 0.2) is 54.7 Å². The largest absolute Gasteiger partial charge is 0.322 e. The Hall–Kier alpha value is -3.18.